The minimum absolute atomic E-state index is 0.173. The van der Waals surface area contributed by atoms with Crippen molar-refractivity contribution in [3.63, 3.8) is 0 Å². The molecule has 0 bridgehead atoms. The first kappa shape index (κ1) is 17.6. The molecule has 3 rings (SSSR count). The van der Waals surface area contributed by atoms with Crippen molar-refractivity contribution in [1.29, 1.82) is 0 Å². The molecule has 0 spiro atoms. The predicted octanol–water partition coefficient (Wildman–Crippen LogP) is 3.10. The van der Waals surface area contributed by atoms with Gasteiger partial charge in [-0.1, -0.05) is 18.2 Å². The lowest BCUT2D eigenvalue weighted by Crippen LogP contribution is -2.29. The summed E-state index contributed by atoms with van der Waals surface area (Å²) in [5.74, 6) is -0.577. The molecule has 0 unspecified atom stereocenters. The number of hydrogen-bond donors (Lipinski definition) is 1. The van der Waals surface area contributed by atoms with Gasteiger partial charge >= 0.3 is 0 Å². The van der Waals surface area contributed by atoms with Crippen molar-refractivity contribution in [2.75, 3.05) is 25.5 Å². The number of nitrogens with one attached hydrogen (secondary N) is 1. The SMILES string of the molecule is CNc1ccc(C(=O)c2ccccc2C(=O)N2CCCC2)cc1[N+](=O)[O-]. The number of benzene rings is 2. The van der Waals surface area contributed by atoms with Crippen LogP contribution in [0.1, 0.15) is 39.1 Å². The third-order valence-electron chi connectivity index (χ3n) is 4.52. The summed E-state index contributed by atoms with van der Waals surface area (Å²) in [6, 6.07) is 10.9. The van der Waals surface area contributed by atoms with Crippen LogP contribution in [0.5, 0.6) is 0 Å². The first-order valence-corrected chi connectivity index (χ1v) is 8.42. The summed E-state index contributed by atoms with van der Waals surface area (Å²) < 4.78 is 0. The lowest BCUT2D eigenvalue weighted by Gasteiger charge is -2.17. The molecule has 0 aromatic heterocycles. The zero-order valence-electron chi connectivity index (χ0n) is 14.4. The Labute approximate surface area is 150 Å². The highest BCUT2D eigenvalue weighted by molar-refractivity contribution is 6.15. The Kier molecular flexibility index (Phi) is 4.97. The van der Waals surface area contributed by atoms with Gasteiger partial charge < -0.3 is 10.2 Å². The van der Waals surface area contributed by atoms with Crippen LogP contribution in [0.2, 0.25) is 0 Å². The number of likely N-dealkylation sites (tertiary alicyclic amines) is 1. The summed E-state index contributed by atoms with van der Waals surface area (Å²) in [7, 11) is 1.58. The number of nitro groups is 1. The van der Waals surface area contributed by atoms with Crippen LogP contribution < -0.4 is 5.32 Å². The Hall–Kier alpha value is -3.22. The molecule has 2 aromatic carbocycles. The molecule has 134 valence electrons. The Morgan fingerprint density at radius 3 is 2.35 bits per heavy atom. The number of carbonyl (C=O) groups excluding carboxylic acids is 2. The van der Waals surface area contributed by atoms with Crippen LogP contribution in [0, 0.1) is 10.1 Å². The minimum atomic E-state index is -0.538. The first-order chi connectivity index (χ1) is 12.5. The van der Waals surface area contributed by atoms with Crippen LogP contribution >= 0.6 is 0 Å². The van der Waals surface area contributed by atoms with Gasteiger partial charge in [0.25, 0.3) is 11.6 Å². The second-order valence-electron chi connectivity index (χ2n) is 6.11. The molecule has 0 aliphatic carbocycles. The van der Waals surface area contributed by atoms with Crippen LogP contribution in [0.3, 0.4) is 0 Å². The van der Waals surface area contributed by atoms with Crippen molar-refractivity contribution in [2.45, 2.75) is 12.8 Å². The summed E-state index contributed by atoms with van der Waals surface area (Å²) in [6.45, 7) is 1.37. The molecule has 1 saturated heterocycles. The van der Waals surface area contributed by atoms with Gasteiger partial charge in [-0.3, -0.25) is 19.7 Å². The molecule has 0 saturated carbocycles. The zero-order valence-corrected chi connectivity index (χ0v) is 14.4. The average molecular weight is 353 g/mol. The summed E-state index contributed by atoms with van der Waals surface area (Å²) in [5.41, 5.74) is 0.919. The van der Waals surface area contributed by atoms with E-state index in [1.807, 2.05) is 0 Å². The summed E-state index contributed by atoms with van der Waals surface area (Å²) >= 11 is 0. The monoisotopic (exact) mass is 353 g/mol. The van der Waals surface area contributed by atoms with Gasteiger partial charge in [0.05, 0.1) is 10.5 Å². The van der Waals surface area contributed by atoms with Crippen LogP contribution in [0.4, 0.5) is 11.4 Å². The molecule has 1 heterocycles. The number of rotatable bonds is 5. The van der Waals surface area contributed by atoms with Gasteiger partial charge in [-0.25, -0.2) is 0 Å². The second kappa shape index (κ2) is 7.35. The molecule has 7 heteroatoms. The minimum Gasteiger partial charge on any atom is -0.383 e. The summed E-state index contributed by atoms with van der Waals surface area (Å²) in [4.78, 5) is 38.1. The second-order valence-corrected chi connectivity index (χ2v) is 6.11. The Morgan fingerprint density at radius 1 is 1.08 bits per heavy atom. The summed E-state index contributed by atoms with van der Waals surface area (Å²) in [6.07, 6.45) is 1.92. The predicted molar refractivity (Wildman–Crippen MR) is 97.7 cm³/mol. The normalized spacial score (nSPS) is 13.5. The highest BCUT2D eigenvalue weighted by Crippen LogP contribution is 2.27. The van der Waals surface area contributed by atoms with E-state index in [1.54, 1.807) is 36.2 Å². The molecule has 1 fully saturated rings. The van der Waals surface area contributed by atoms with Crippen molar-refractivity contribution in [3.05, 3.63) is 69.3 Å². The number of nitro benzene ring substituents is 1. The Bertz CT molecular complexity index is 873. The van der Waals surface area contributed by atoms with E-state index < -0.39 is 10.7 Å². The van der Waals surface area contributed by atoms with Gasteiger partial charge in [0, 0.05) is 37.3 Å². The van der Waals surface area contributed by atoms with E-state index in [-0.39, 0.29) is 22.7 Å². The number of amides is 1. The van der Waals surface area contributed by atoms with E-state index in [9.17, 15) is 19.7 Å². The maximum Gasteiger partial charge on any atom is 0.293 e. The van der Waals surface area contributed by atoms with E-state index in [0.29, 0.717) is 24.3 Å². The van der Waals surface area contributed by atoms with Gasteiger partial charge in [-0.2, -0.15) is 0 Å². The van der Waals surface area contributed by atoms with Crippen molar-refractivity contribution < 1.29 is 14.5 Å². The Balaban J connectivity index is 1.99. The van der Waals surface area contributed by atoms with E-state index in [0.717, 1.165) is 12.8 Å². The molecular weight excluding hydrogens is 334 g/mol. The molecule has 0 atom stereocenters. The van der Waals surface area contributed by atoms with Gasteiger partial charge in [-0.15, -0.1) is 0 Å². The number of nitrogens with zero attached hydrogens (tertiary/aromatic N) is 2. The van der Waals surface area contributed by atoms with Crippen LogP contribution in [-0.4, -0.2) is 41.7 Å². The lowest BCUT2D eigenvalue weighted by molar-refractivity contribution is -0.384. The highest BCUT2D eigenvalue weighted by atomic mass is 16.6. The third kappa shape index (κ3) is 3.28. The maximum atomic E-state index is 12.9. The van der Waals surface area contributed by atoms with E-state index in [4.69, 9.17) is 0 Å². The number of hydrogen-bond acceptors (Lipinski definition) is 5. The lowest BCUT2D eigenvalue weighted by atomic mass is 9.97. The fourth-order valence-corrected chi connectivity index (χ4v) is 3.15. The first-order valence-electron chi connectivity index (χ1n) is 8.42. The molecule has 26 heavy (non-hydrogen) atoms. The van der Waals surface area contributed by atoms with Gasteiger partial charge in [0.1, 0.15) is 5.69 Å². The third-order valence-corrected chi connectivity index (χ3v) is 4.52. The fourth-order valence-electron chi connectivity index (χ4n) is 3.15. The van der Waals surface area contributed by atoms with Crippen LogP contribution in [0.15, 0.2) is 42.5 Å². The molecule has 0 radical (unpaired) electrons. The zero-order chi connectivity index (χ0) is 18.7. The summed E-state index contributed by atoms with van der Waals surface area (Å²) in [5, 5.41) is 14.0. The fraction of sp³-hybridized carbons (Fsp3) is 0.263. The van der Waals surface area contributed by atoms with E-state index in [2.05, 4.69) is 5.32 Å². The molecule has 1 N–H and O–H groups in total. The maximum absolute atomic E-state index is 12.9. The van der Waals surface area contributed by atoms with Gasteiger partial charge in [0.15, 0.2) is 5.78 Å². The van der Waals surface area contributed by atoms with Crippen LogP contribution in [-0.2, 0) is 0 Å². The van der Waals surface area contributed by atoms with Gasteiger partial charge in [0.2, 0.25) is 0 Å². The van der Waals surface area contributed by atoms with E-state index >= 15 is 0 Å². The number of anilines is 1. The quantitative estimate of drug-likeness (QED) is 0.506. The molecular formula is C19H19N3O4. The molecule has 7 nitrogen and oxygen atoms in total. The van der Waals surface area contributed by atoms with Gasteiger partial charge in [-0.05, 0) is 31.0 Å². The largest absolute Gasteiger partial charge is 0.383 e. The number of carbonyl (C=O) groups is 2. The van der Waals surface area contributed by atoms with Crippen molar-refractivity contribution in [1.82, 2.24) is 4.90 Å². The highest BCUT2D eigenvalue weighted by Gasteiger charge is 2.25. The Morgan fingerprint density at radius 2 is 1.73 bits per heavy atom. The molecule has 1 aliphatic rings. The topological polar surface area (TPSA) is 92.6 Å². The molecule has 1 amide bonds. The standard InChI is InChI=1S/C19H19N3O4/c1-20-16-9-8-13(12-17(16)22(25)26)18(23)14-6-2-3-7-15(14)19(24)21-10-4-5-11-21/h2-3,6-9,12,20H,4-5,10-11H2,1H3. The van der Waals surface area contributed by atoms with Crippen molar-refractivity contribution >= 4 is 23.1 Å². The smallest absolute Gasteiger partial charge is 0.293 e. The average Bonchev–Trinajstić information content (AvgIpc) is 3.21. The molecule has 2 aromatic rings. The number of ketones is 1. The van der Waals surface area contributed by atoms with E-state index in [1.165, 1.54) is 18.2 Å². The molecule has 1 aliphatic heterocycles. The van der Waals surface area contributed by atoms with Crippen molar-refractivity contribution in [3.8, 4) is 0 Å². The van der Waals surface area contributed by atoms with Crippen LogP contribution in [0.25, 0.3) is 0 Å². The van der Waals surface area contributed by atoms with Crippen molar-refractivity contribution in [2.24, 2.45) is 0 Å².